The molecule has 2 atom stereocenters. The molecule has 1 aliphatic rings. The fourth-order valence-corrected chi connectivity index (χ4v) is 5.27. The summed E-state index contributed by atoms with van der Waals surface area (Å²) >= 11 is 1.66. The molecule has 1 aliphatic heterocycles. The number of hydrogen-bond acceptors (Lipinski definition) is 4. The molecule has 0 fully saturated rings. The molecule has 0 radical (unpaired) electrons. The van der Waals surface area contributed by atoms with E-state index in [1.807, 2.05) is 71.2 Å². The van der Waals surface area contributed by atoms with Crippen LogP contribution in [0.1, 0.15) is 106 Å². The maximum Gasteiger partial charge on any atom is 0.277 e. The third kappa shape index (κ3) is 7.28. The molecule has 6 nitrogen and oxygen atoms in total. The molecule has 37 heavy (non-hydrogen) atoms. The van der Waals surface area contributed by atoms with Gasteiger partial charge >= 0.3 is 0 Å². The molecule has 0 spiro atoms. The normalized spacial score (nSPS) is 17.8. The summed E-state index contributed by atoms with van der Waals surface area (Å²) < 4.78 is 1.73. The molecule has 1 aromatic carbocycles. The SMILES string of the molecule is C/C=C\SC(C)c1cc2n(n1)CC(C)(C(=O)NCCCCCCC)N(c1ccc(C)cc1C)C2=O.CC. The minimum Gasteiger partial charge on any atom is -0.354 e. The number of hydrogen-bond donors (Lipinski definition) is 1. The molecule has 0 saturated carbocycles. The lowest BCUT2D eigenvalue weighted by molar-refractivity contribution is -0.126. The van der Waals surface area contributed by atoms with E-state index in [2.05, 4.69) is 25.2 Å². The summed E-state index contributed by atoms with van der Waals surface area (Å²) in [5.41, 5.74) is 3.15. The van der Waals surface area contributed by atoms with Crippen LogP contribution in [0.3, 0.4) is 0 Å². The molecule has 0 saturated heterocycles. The lowest BCUT2D eigenvalue weighted by Gasteiger charge is -2.43. The van der Waals surface area contributed by atoms with E-state index in [0.717, 1.165) is 35.3 Å². The number of fused-ring (bicyclic) bond motifs is 1. The summed E-state index contributed by atoms with van der Waals surface area (Å²) in [5, 5.41) is 10.0. The topological polar surface area (TPSA) is 67.2 Å². The first-order valence-electron chi connectivity index (χ1n) is 13.8. The number of nitrogens with one attached hydrogen (secondary N) is 1. The Hall–Kier alpha value is -2.54. The molecule has 204 valence electrons. The van der Waals surface area contributed by atoms with Gasteiger partial charge in [0.2, 0.25) is 5.91 Å². The molecule has 3 rings (SSSR count). The molecule has 2 amide bonds. The summed E-state index contributed by atoms with van der Waals surface area (Å²) in [5.74, 6) is -0.328. The Balaban J connectivity index is 0.00000235. The van der Waals surface area contributed by atoms with E-state index in [-0.39, 0.29) is 17.1 Å². The minimum atomic E-state index is -1.09. The highest BCUT2D eigenvalue weighted by atomic mass is 32.2. The van der Waals surface area contributed by atoms with Gasteiger partial charge in [-0.3, -0.25) is 19.2 Å². The number of aromatic nitrogens is 2. The van der Waals surface area contributed by atoms with E-state index in [4.69, 9.17) is 5.10 Å². The van der Waals surface area contributed by atoms with Gasteiger partial charge in [0.15, 0.2) is 0 Å². The number of carbonyl (C=O) groups excluding carboxylic acids is 2. The number of thioether (sulfide) groups is 1. The van der Waals surface area contributed by atoms with Gasteiger partial charge in [0.25, 0.3) is 5.91 Å². The molecule has 0 bridgehead atoms. The van der Waals surface area contributed by atoms with E-state index in [9.17, 15) is 9.59 Å². The number of unbranched alkanes of at least 4 members (excludes halogenated alkanes) is 4. The second kappa shape index (κ2) is 14.4. The van der Waals surface area contributed by atoms with Crippen molar-refractivity contribution in [3.05, 3.63) is 58.3 Å². The zero-order valence-electron chi connectivity index (χ0n) is 24.1. The summed E-state index contributed by atoms with van der Waals surface area (Å²) in [7, 11) is 0. The van der Waals surface area contributed by atoms with Gasteiger partial charge < -0.3 is 5.32 Å². The van der Waals surface area contributed by atoms with Crippen molar-refractivity contribution in [1.29, 1.82) is 0 Å². The van der Waals surface area contributed by atoms with Gasteiger partial charge in [0, 0.05) is 12.2 Å². The number of benzene rings is 1. The van der Waals surface area contributed by atoms with Crippen LogP contribution in [0.2, 0.25) is 0 Å². The van der Waals surface area contributed by atoms with Crippen LogP contribution in [0.5, 0.6) is 0 Å². The van der Waals surface area contributed by atoms with Gasteiger partial charge in [-0.15, -0.1) is 11.8 Å². The highest BCUT2D eigenvalue weighted by Crippen LogP contribution is 2.37. The first kappa shape index (κ1) is 30.7. The largest absolute Gasteiger partial charge is 0.354 e. The van der Waals surface area contributed by atoms with Crippen molar-refractivity contribution in [3.8, 4) is 0 Å². The van der Waals surface area contributed by atoms with Crippen molar-refractivity contribution < 1.29 is 9.59 Å². The average Bonchev–Trinajstić information content (AvgIpc) is 3.31. The van der Waals surface area contributed by atoms with Crippen molar-refractivity contribution in [1.82, 2.24) is 15.1 Å². The summed E-state index contributed by atoms with van der Waals surface area (Å²) in [6, 6.07) is 7.89. The Kier molecular flexibility index (Phi) is 12.0. The maximum absolute atomic E-state index is 13.9. The fourth-order valence-electron chi connectivity index (χ4n) is 4.62. The second-order valence-corrected chi connectivity index (χ2v) is 11.0. The molecule has 0 aliphatic carbocycles. The number of carbonyl (C=O) groups is 2. The Morgan fingerprint density at radius 1 is 1.19 bits per heavy atom. The van der Waals surface area contributed by atoms with Crippen LogP contribution in [0, 0.1) is 13.8 Å². The van der Waals surface area contributed by atoms with Crippen LogP contribution >= 0.6 is 11.8 Å². The monoisotopic (exact) mass is 526 g/mol. The smallest absolute Gasteiger partial charge is 0.277 e. The lowest BCUT2D eigenvalue weighted by Crippen LogP contribution is -2.64. The van der Waals surface area contributed by atoms with Crippen molar-refractivity contribution in [2.45, 2.75) is 105 Å². The quantitative estimate of drug-likeness (QED) is 0.311. The predicted molar refractivity (Wildman–Crippen MR) is 157 cm³/mol. The van der Waals surface area contributed by atoms with E-state index in [0.29, 0.717) is 18.8 Å². The molecule has 2 aromatic rings. The third-order valence-corrected chi connectivity index (χ3v) is 7.73. The summed E-state index contributed by atoms with van der Waals surface area (Å²) in [6.45, 7) is 17.1. The molecule has 2 unspecified atom stereocenters. The highest BCUT2D eigenvalue weighted by Gasteiger charge is 2.49. The molecule has 2 heterocycles. The Bertz CT molecular complexity index is 1080. The highest BCUT2D eigenvalue weighted by molar-refractivity contribution is 8.02. The molecular weight excluding hydrogens is 480 g/mol. The number of rotatable bonds is 11. The molecule has 1 N–H and O–H groups in total. The number of amides is 2. The molecule has 1 aromatic heterocycles. The maximum atomic E-state index is 13.9. The summed E-state index contributed by atoms with van der Waals surface area (Å²) in [6.07, 6.45) is 7.62. The first-order valence-corrected chi connectivity index (χ1v) is 14.7. The van der Waals surface area contributed by atoms with Gasteiger partial charge in [-0.2, -0.15) is 5.10 Å². The van der Waals surface area contributed by atoms with Gasteiger partial charge in [-0.05, 0) is 64.1 Å². The number of allylic oxidation sites excluding steroid dienone is 1. The van der Waals surface area contributed by atoms with Crippen molar-refractivity contribution in [3.63, 3.8) is 0 Å². The van der Waals surface area contributed by atoms with Gasteiger partial charge in [-0.1, -0.05) is 70.2 Å². The number of aryl methyl sites for hydroxylation is 2. The van der Waals surface area contributed by atoms with Gasteiger partial charge in [0.05, 0.1) is 17.5 Å². The summed E-state index contributed by atoms with van der Waals surface area (Å²) in [4.78, 5) is 29.3. The molecular formula is C30H46N4O2S. The van der Waals surface area contributed by atoms with Crippen LogP contribution in [0.25, 0.3) is 0 Å². The minimum absolute atomic E-state index is 0.106. The van der Waals surface area contributed by atoms with Crippen LogP contribution in [-0.4, -0.2) is 33.7 Å². The van der Waals surface area contributed by atoms with E-state index in [1.54, 1.807) is 21.3 Å². The lowest BCUT2D eigenvalue weighted by atomic mass is 9.92. The van der Waals surface area contributed by atoms with Crippen molar-refractivity contribution in [2.24, 2.45) is 0 Å². The Morgan fingerprint density at radius 2 is 1.89 bits per heavy atom. The van der Waals surface area contributed by atoms with E-state index in [1.165, 1.54) is 19.3 Å². The average molecular weight is 527 g/mol. The standard InChI is InChI=1S/C28H40N4O2S.C2H6/c1-7-9-10-11-12-15-29-27(34)28(6)19-31-25(18-23(30-31)22(5)35-16-8-2)26(33)32(28)24-14-13-20(3)17-21(24)4;1-2/h8,13-14,16-18,22H,7,9-12,15,19H2,1-6H3,(H,29,34);1-2H3/b16-8-;. The fraction of sp³-hybridized carbons (Fsp3) is 0.567. The van der Waals surface area contributed by atoms with Crippen LogP contribution in [0.4, 0.5) is 5.69 Å². The van der Waals surface area contributed by atoms with Gasteiger partial charge in [0.1, 0.15) is 11.2 Å². The van der Waals surface area contributed by atoms with Crippen molar-refractivity contribution >= 4 is 29.3 Å². The Morgan fingerprint density at radius 3 is 2.54 bits per heavy atom. The molecule has 7 heteroatoms. The third-order valence-electron chi connectivity index (χ3n) is 6.66. The zero-order valence-corrected chi connectivity index (χ0v) is 24.9. The number of nitrogens with zero attached hydrogens (tertiary/aromatic N) is 3. The second-order valence-electron chi connectivity index (χ2n) is 9.73. The van der Waals surface area contributed by atoms with Crippen LogP contribution < -0.4 is 10.2 Å². The Labute approximate surface area is 228 Å². The predicted octanol–water partition coefficient (Wildman–Crippen LogP) is 7.36. The van der Waals surface area contributed by atoms with Crippen LogP contribution in [-0.2, 0) is 11.3 Å². The number of anilines is 1. The van der Waals surface area contributed by atoms with E-state index >= 15 is 0 Å². The first-order chi connectivity index (χ1) is 17.7. The van der Waals surface area contributed by atoms with E-state index < -0.39 is 5.54 Å². The zero-order chi connectivity index (χ0) is 27.6. The van der Waals surface area contributed by atoms with Crippen LogP contribution in [0.15, 0.2) is 35.7 Å². The van der Waals surface area contributed by atoms with Gasteiger partial charge in [-0.25, -0.2) is 0 Å². The van der Waals surface area contributed by atoms with Crippen molar-refractivity contribution in [2.75, 3.05) is 11.4 Å².